The van der Waals surface area contributed by atoms with Gasteiger partial charge in [-0.15, -0.1) is 0 Å². The van der Waals surface area contributed by atoms with Gasteiger partial charge in [0.05, 0.1) is 0 Å². The molecule has 1 aromatic rings. The number of aliphatic imine (C=N–C) groups is 1. The molecule has 0 unspecified atom stereocenters. The van der Waals surface area contributed by atoms with Crippen LogP contribution in [0.15, 0.2) is 23.2 Å². The molecule has 1 aromatic carbocycles. The summed E-state index contributed by atoms with van der Waals surface area (Å²) in [6.07, 6.45) is 0. The summed E-state index contributed by atoms with van der Waals surface area (Å²) in [5, 5.41) is 15.2. The van der Waals surface area contributed by atoms with Crippen LogP contribution >= 0.6 is 0 Å². The fourth-order valence-electron chi connectivity index (χ4n) is 1.31. The molecule has 0 amide bonds. The van der Waals surface area contributed by atoms with E-state index < -0.39 is 5.82 Å². The van der Waals surface area contributed by atoms with Crippen molar-refractivity contribution in [2.75, 3.05) is 7.05 Å². The van der Waals surface area contributed by atoms with E-state index in [4.69, 9.17) is 5.11 Å². The molecule has 5 heteroatoms. The molecule has 0 aliphatic carbocycles. The second kappa shape index (κ2) is 6.08. The first-order valence-electron chi connectivity index (χ1n) is 5.47. The summed E-state index contributed by atoms with van der Waals surface area (Å²) in [6, 6.07) is 4.57. The molecule has 17 heavy (non-hydrogen) atoms. The molecule has 0 bridgehead atoms. The summed E-state index contributed by atoms with van der Waals surface area (Å²) >= 11 is 0. The molecule has 0 radical (unpaired) electrons. The number of phenols is 1. The Bertz CT molecular complexity index is 405. The van der Waals surface area contributed by atoms with Gasteiger partial charge >= 0.3 is 0 Å². The van der Waals surface area contributed by atoms with E-state index in [0.717, 1.165) is 5.56 Å². The van der Waals surface area contributed by atoms with Crippen LogP contribution in [0.2, 0.25) is 0 Å². The summed E-state index contributed by atoms with van der Waals surface area (Å²) in [6.45, 7) is 4.46. The van der Waals surface area contributed by atoms with Crippen molar-refractivity contribution < 1.29 is 9.50 Å². The summed E-state index contributed by atoms with van der Waals surface area (Å²) in [5.74, 6) is -0.289. The average molecular weight is 239 g/mol. The monoisotopic (exact) mass is 239 g/mol. The van der Waals surface area contributed by atoms with Crippen LogP contribution in [0.25, 0.3) is 0 Å². The SMILES string of the molecule is CN=C(NCc1ccc(O)c(F)c1)NC(C)C. The highest BCUT2D eigenvalue weighted by Gasteiger charge is 2.03. The van der Waals surface area contributed by atoms with E-state index in [9.17, 15) is 4.39 Å². The van der Waals surface area contributed by atoms with E-state index in [1.807, 2.05) is 13.8 Å². The van der Waals surface area contributed by atoms with Gasteiger partial charge in [-0.2, -0.15) is 0 Å². The third kappa shape index (κ3) is 4.30. The number of halogens is 1. The van der Waals surface area contributed by atoms with E-state index >= 15 is 0 Å². The van der Waals surface area contributed by atoms with Gasteiger partial charge in [-0.1, -0.05) is 6.07 Å². The molecular weight excluding hydrogens is 221 g/mol. The van der Waals surface area contributed by atoms with E-state index in [1.54, 1.807) is 13.1 Å². The molecule has 3 N–H and O–H groups in total. The predicted molar refractivity (Wildman–Crippen MR) is 66.5 cm³/mol. The van der Waals surface area contributed by atoms with E-state index in [1.165, 1.54) is 12.1 Å². The first-order valence-corrected chi connectivity index (χ1v) is 5.47. The third-order valence-electron chi connectivity index (χ3n) is 2.12. The number of phenolic OH excluding ortho intramolecular Hbond substituents is 1. The second-order valence-electron chi connectivity index (χ2n) is 4.01. The quantitative estimate of drug-likeness (QED) is 0.555. The maximum absolute atomic E-state index is 13.1. The van der Waals surface area contributed by atoms with E-state index in [-0.39, 0.29) is 11.8 Å². The molecule has 0 saturated carbocycles. The Hall–Kier alpha value is -1.78. The molecule has 4 nitrogen and oxygen atoms in total. The van der Waals surface area contributed by atoms with Crippen molar-refractivity contribution in [2.45, 2.75) is 26.4 Å². The Morgan fingerprint density at radius 1 is 1.47 bits per heavy atom. The van der Waals surface area contributed by atoms with Crippen LogP contribution in [0.3, 0.4) is 0 Å². The first-order chi connectivity index (χ1) is 8.02. The van der Waals surface area contributed by atoms with E-state index in [2.05, 4.69) is 15.6 Å². The Balaban J connectivity index is 2.57. The normalized spacial score (nSPS) is 11.7. The highest BCUT2D eigenvalue weighted by molar-refractivity contribution is 5.79. The summed E-state index contributed by atoms with van der Waals surface area (Å²) in [4.78, 5) is 4.03. The molecule has 0 spiro atoms. The maximum atomic E-state index is 13.1. The minimum absolute atomic E-state index is 0.276. The van der Waals surface area contributed by atoms with Gasteiger partial charge in [-0.3, -0.25) is 4.99 Å². The van der Waals surface area contributed by atoms with Crippen molar-refractivity contribution in [3.63, 3.8) is 0 Å². The maximum Gasteiger partial charge on any atom is 0.191 e. The lowest BCUT2D eigenvalue weighted by atomic mass is 10.2. The van der Waals surface area contributed by atoms with Crippen molar-refractivity contribution >= 4 is 5.96 Å². The number of rotatable bonds is 3. The van der Waals surface area contributed by atoms with Gasteiger partial charge in [0.2, 0.25) is 0 Å². The number of hydrogen-bond donors (Lipinski definition) is 3. The minimum atomic E-state index is -0.615. The lowest BCUT2D eigenvalue weighted by Gasteiger charge is -2.14. The molecule has 0 atom stereocenters. The van der Waals surface area contributed by atoms with Crippen LogP contribution in [0, 0.1) is 5.82 Å². The zero-order valence-corrected chi connectivity index (χ0v) is 10.3. The molecule has 94 valence electrons. The zero-order chi connectivity index (χ0) is 12.8. The van der Waals surface area contributed by atoms with Crippen LogP contribution in [0.4, 0.5) is 4.39 Å². The molecular formula is C12H18FN3O. The van der Waals surface area contributed by atoms with E-state index in [0.29, 0.717) is 12.5 Å². The first kappa shape index (κ1) is 13.3. The predicted octanol–water partition coefficient (Wildman–Crippen LogP) is 1.60. The Morgan fingerprint density at radius 3 is 2.71 bits per heavy atom. The summed E-state index contributed by atoms with van der Waals surface area (Å²) in [5.41, 5.74) is 0.743. The van der Waals surface area contributed by atoms with Gasteiger partial charge in [0, 0.05) is 19.6 Å². The smallest absolute Gasteiger partial charge is 0.191 e. The molecule has 0 aliphatic rings. The third-order valence-corrected chi connectivity index (χ3v) is 2.12. The number of guanidine groups is 1. The molecule has 0 saturated heterocycles. The van der Waals surface area contributed by atoms with Crippen molar-refractivity contribution in [3.8, 4) is 5.75 Å². The standard InChI is InChI=1S/C12H18FN3O/c1-8(2)16-12(14-3)15-7-9-4-5-11(17)10(13)6-9/h4-6,8,17H,7H2,1-3H3,(H2,14,15,16). The van der Waals surface area contributed by atoms with Gasteiger partial charge in [-0.05, 0) is 31.5 Å². The molecule has 0 aromatic heterocycles. The summed E-state index contributed by atoms with van der Waals surface area (Å²) in [7, 11) is 1.68. The number of nitrogens with zero attached hydrogens (tertiary/aromatic N) is 1. The van der Waals surface area contributed by atoms with Crippen molar-refractivity contribution in [1.82, 2.24) is 10.6 Å². The van der Waals surface area contributed by atoms with Gasteiger partial charge in [-0.25, -0.2) is 4.39 Å². The van der Waals surface area contributed by atoms with Gasteiger partial charge in [0.15, 0.2) is 17.5 Å². The lowest BCUT2D eigenvalue weighted by molar-refractivity contribution is 0.431. The summed E-state index contributed by atoms with van der Waals surface area (Å²) < 4.78 is 13.1. The Kier molecular flexibility index (Phi) is 4.75. The fourth-order valence-corrected chi connectivity index (χ4v) is 1.31. The number of aromatic hydroxyl groups is 1. The Morgan fingerprint density at radius 2 is 2.18 bits per heavy atom. The van der Waals surface area contributed by atoms with Crippen molar-refractivity contribution in [1.29, 1.82) is 0 Å². The minimum Gasteiger partial charge on any atom is -0.505 e. The largest absolute Gasteiger partial charge is 0.505 e. The van der Waals surface area contributed by atoms with Crippen LogP contribution in [-0.4, -0.2) is 24.2 Å². The second-order valence-corrected chi connectivity index (χ2v) is 4.01. The molecule has 0 fully saturated rings. The van der Waals surface area contributed by atoms with Crippen molar-refractivity contribution in [3.05, 3.63) is 29.6 Å². The number of hydrogen-bond acceptors (Lipinski definition) is 2. The van der Waals surface area contributed by atoms with Crippen LogP contribution in [-0.2, 0) is 6.54 Å². The number of nitrogens with one attached hydrogen (secondary N) is 2. The fraction of sp³-hybridized carbons (Fsp3) is 0.417. The highest BCUT2D eigenvalue weighted by atomic mass is 19.1. The van der Waals surface area contributed by atoms with Gasteiger partial charge in [0.1, 0.15) is 0 Å². The number of benzene rings is 1. The van der Waals surface area contributed by atoms with Gasteiger partial charge < -0.3 is 15.7 Å². The lowest BCUT2D eigenvalue weighted by Crippen LogP contribution is -2.40. The Labute approximate surface area is 101 Å². The van der Waals surface area contributed by atoms with Crippen LogP contribution < -0.4 is 10.6 Å². The zero-order valence-electron chi connectivity index (χ0n) is 10.3. The van der Waals surface area contributed by atoms with Gasteiger partial charge in [0.25, 0.3) is 0 Å². The topological polar surface area (TPSA) is 56.7 Å². The van der Waals surface area contributed by atoms with Crippen LogP contribution in [0.5, 0.6) is 5.75 Å². The molecule has 0 heterocycles. The van der Waals surface area contributed by atoms with Crippen molar-refractivity contribution in [2.24, 2.45) is 4.99 Å². The van der Waals surface area contributed by atoms with Crippen LogP contribution in [0.1, 0.15) is 19.4 Å². The average Bonchev–Trinajstić information content (AvgIpc) is 2.28. The molecule has 1 rings (SSSR count). The molecule has 0 aliphatic heterocycles. The highest BCUT2D eigenvalue weighted by Crippen LogP contribution is 2.15.